The van der Waals surface area contributed by atoms with Crippen LogP contribution in [-0.2, 0) is 4.79 Å². The average molecular weight is 433 g/mol. The predicted octanol–water partition coefficient (Wildman–Crippen LogP) is 5.13. The van der Waals surface area contributed by atoms with Crippen LogP contribution in [0.2, 0.25) is 0 Å². The molecule has 166 valence electrons. The van der Waals surface area contributed by atoms with Crippen molar-refractivity contribution in [3.8, 4) is 5.75 Å². The zero-order valence-electron chi connectivity index (χ0n) is 18.2. The quantitative estimate of drug-likeness (QED) is 0.562. The largest absolute Gasteiger partial charge is 0.495 e. The number of carbonyl (C=O) groups is 2. The molecule has 2 aromatic carbocycles. The van der Waals surface area contributed by atoms with Gasteiger partial charge in [0.2, 0.25) is 5.91 Å². The van der Waals surface area contributed by atoms with E-state index in [1.807, 2.05) is 42.5 Å². The normalized spacial score (nSPS) is 15.0. The van der Waals surface area contributed by atoms with Gasteiger partial charge in [0.1, 0.15) is 11.8 Å². The average Bonchev–Trinajstić information content (AvgIpc) is 3.38. The van der Waals surface area contributed by atoms with Gasteiger partial charge in [0.25, 0.3) is 5.91 Å². The lowest BCUT2D eigenvalue weighted by Gasteiger charge is -2.33. The second kappa shape index (κ2) is 10.2. The second-order valence-corrected chi connectivity index (χ2v) is 7.98. The van der Waals surface area contributed by atoms with E-state index in [2.05, 4.69) is 5.32 Å². The standard InChI is InChI=1S/C26H28N2O4/c1-31-22-16-9-8-15-21(22)28(26(30)23-17-10-18-32-23)24(19-11-4-2-5-12-19)25(29)27-20-13-6-3-7-14-20/h2,4-5,8-12,15-18,20,24H,3,6-7,13-14H2,1H3,(H,27,29). The highest BCUT2D eigenvalue weighted by molar-refractivity contribution is 6.09. The highest BCUT2D eigenvalue weighted by Gasteiger charge is 2.36. The van der Waals surface area contributed by atoms with Crippen LogP contribution in [0.1, 0.15) is 54.3 Å². The van der Waals surface area contributed by atoms with Gasteiger partial charge in [-0.25, -0.2) is 0 Å². The SMILES string of the molecule is COc1ccccc1N(C(=O)c1ccco1)C(C(=O)NC1CCCCC1)c1ccccc1. The van der Waals surface area contributed by atoms with E-state index in [1.54, 1.807) is 31.4 Å². The molecular weight excluding hydrogens is 404 g/mol. The van der Waals surface area contributed by atoms with E-state index in [0.717, 1.165) is 25.7 Å². The number of anilines is 1. The number of nitrogens with zero attached hydrogens (tertiary/aromatic N) is 1. The number of benzene rings is 2. The number of amides is 2. The maximum atomic E-state index is 13.7. The summed E-state index contributed by atoms with van der Waals surface area (Å²) in [5.41, 5.74) is 1.22. The smallest absolute Gasteiger partial charge is 0.295 e. The third-order valence-electron chi connectivity index (χ3n) is 5.87. The molecule has 1 aromatic heterocycles. The van der Waals surface area contributed by atoms with Gasteiger partial charge in [0, 0.05) is 6.04 Å². The molecule has 1 atom stereocenters. The molecule has 32 heavy (non-hydrogen) atoms. The molecule has 1 saturated carbocycles. The number of rotatable bonds is 7. The number of carbonyl (C=O) groups excluding carboxylic acids is 2. The summed E-state index contributed by atoms with van der Waals surface area (Å²) in [4.78, 5) is 28.9. The molecule has 1 heterocycles. The van der Waals surface area contributed by atoms with Crippen molar-refractivity contribution in [2.45, 2.75) is 44.2 Å². The molecule has 1 fully saturated rings. The van der Waals surface area contributed by atoms with Crippen molar-refractivity contribution in [2.24, 2.45) is 0 Å². The van der Waals surface area contributed by atoms with E-state index >= 15 is 0 Å². The molecule has 0 aliphatic heterocycles. The van der Waals surface area contributed by atoms with Crippen molar-refractivity contribution >= 4 is 17.5 Å². The van der Waals surface area contributed by atoms with Crippen molar-refractivity contribution in [1.29, 1.82) is 0 Å². The summed E-state index contributed by atoms with van der Waals surface area (Å²) >= 11 is 0. The highest BCUT2D eigenvalue weighted by Crippen LogP contribution is 2.36. The molecular formula is C26H28N2O4. The Labute approximate surface area is 188 Å². The second-order valence-electron chi connectivity index (χ2n) is 7.98. The number of furan rings is 1. The highest BCUT2D eigenvalue weighted by atomic mass is 16.5. The zero-order chi connectivity index (χ0) is 22.3. The van der Waals surface area contributed by atoms with Crippen LogP contribution < -0.4 is 15.0 Å². The molecule has 1 aliphatic rings. The summed E-state index contributed by atoms with van der Waals surface area (Å²) in [7, 11) is 1.55. The summed E-state index contributed by atoms with van der Waals surface area (Å²) in [5, 5.41) is 3.20. The Hall–Kier alpha value is -3.54. The molecule has 6 nitrogen and oxygen atoms in total. The van der Waals surface area contributed by atoms with Gasteiger partial charge in [0.05, 0.1) is 19.1 Å². The van der Waals surface area contributed by atoms with Gasteiger partial charge < -0.3 is 14.5 Å². The Kier molecular flexibility index (Phi) is 6.90. The number of nitrogens with one attached hydrogen (secondary N) is 1. The molecule has 0 saturated heterocycles. The fourth-order valence-corrected chi connectivity index (χ4v) is 4.29. The first-order valence-corrected chi connectivity index (χ1v) is 11.0. The summed E-state index contributed by atoms with van der Waals surface area (Å²) in [6.45, 7) is 0. The predicted molar refractivity (Wildman–Crippen MR) is 123 cm³/mol. The molecule has 2 amide bonds. The van der Waals surface area contributed by atoms with Crippen LogP contribution in [0.4, 0.5) is 5.69 Å². The molecule has 1 aliphatic carbocycles. The van der Waals surface area contributed by atoms with E-state index < -0.39 is 11.9 Å². The van der Waals surface area contributed by atoms with Crippen LogP contribution in [0, 0.1) is 0 Å². The minimum absolute atomic E-state index is 0.112. The summed E-state index contributed by atoms with van der Waals surface area (Å²) in [6.07, 6.45) is 6.75. The van der Waals surface area contributed by atoms with Crippen LogP contribution in [0.3, 0.4) is 0 Å². The monoisotopic (exact) mass is 432 g/mol. The van der Waals surface area contributed by atoms with Gasteiger partial charge in [-0.2, -0.15) is 0 Å². The fourth-order valence-electron chi connectivity index (χ4n) is 4.29. The Morgan fingerprint density at radius 2 is 1.69 bits per heavy atom. The maximum Gasteiger partial charge on any atom is 0.295 e. The van der Waals surface area contributed by atoms with E-state index in [4.69, 9.17) is 9.15 Å². The molecule has 3 aromatic rings. The summed E-state index contributed by atoms with van der Waals surface area (Å²) in [6, 6.07) is 19.1. The molecule has 4 rings (SSSR count). The Morgan fingerprint density at radius 1 is 0.969 bits per heavy atom. The fraction of sp³-hybridized carbons (Fsp3) is 0.308. The molecule has 1 N–H and O–H groups in total. The first-order chi connectivity index (χ1) is 15.7. The molecule has 6 heteroatoms. The number of hydrogen-bond acceptors (Lipinski definition) is 4. The minimum Gasteiger partial charge on any atom is -0.495 e. The first-order valence-electron chi connectivity index (χ1n) is 11.0. The van der Waals surface area contributed by atoms with Crippen molar-refractivity contribution in [3.05, 3.63) is 84.3 Å². The maximum absolute atomic E-state index is 13.7. The van der Waals surface area contributed by atoms with Crippen molar-refractivity contribution in [3.63, 3.8) is 0 Å². The van der Waals surface area contributed by atoms with Crippen LogP contribution in [0.15, 0.2) is 77.4 Å². The van der Waals surface area contributed by atoms with Crippen LogP contribution in [0.25, 0.3) is 0 Å². The van der Waals surface area contributed by atoms with Crippen molar-refractivity contribution in [1.82, 2.24) is 5.32 Å². The Morgan fingerprint density at radius 3 is 2.38 bits per heavy atom. The minimum atomic E-state index is -0.882. The van der Waals surface area contributed by atoms with Crippen molar-refractivity contribution in [2.75, 3.05) is 12.0 Å². The van der Waals surface area contributed by atoms with E-state index in [1.165, 1.54) is 17.6 Å². The summed E-state index contributed by atoms with van der Waals surface area (Å²) in [5.74, 6) is 0.0298. The van der Waals surface area contributed by atoms with Gasteiger partial charge in [0.15, 0.2) is 5.76 Å². The van der Waals surface area contributed by atoms with Crippen molar-refractivity contribution < 1.29 is 18.7 Å². The third kappa shape index (κ3) is 4.69. The van der Waals surface area contributed by atoms with Crippen LogP contribution in [0.5, 0.6) is 5.75 Å². The van der Waals surface area contributed by atoms with E-state index in [9.17, 15) is 9.59 Å². The number of para-hydroxylation sites is 2. The molecule has 0 bridgehead atoms. The van der Waals surface area contributed by atoms with Gasteiger partial charge in [-0.3, -0.25) is 14.5 Å². The van der Waals surface area contributed by atoms with E-state index in [-0.39, 0.29) is 17.7 Å². The number of methoxy groups -OCH3 is 1. The zero-order valence-corrected chi connectivity index (χ0v) is 18.2. The summed E-state index contributed by atoms with van der Waals surface area (Å²) < 4.78 is 11.0. The van der Waals surface area contributed by atoms with Gasteiger partial charge in [-0.15, -0.1) is 0 Å². The van der Waals surface area contributed by atoms with E-state index in [0.29, 0.717) is 17.0 Å². The van der Waals surface area contributed by atoms with Crippen LogP contribution in [-0.4, -0.2) is 25.0 Å². The van der Waals surface area contributed by atoms with Crippen LogP contribution >= 0.6 is 0 Å². The Balaban J connectivity index is 1.80. The Bertz CT molecular complexity index is 1030. The molecule has 0 spiro atoms. The van der Waals surface area contributed by atoms with Gasteiger partial charge in [-0.05, 0) is 42.7 Å². The third-order valence-corrected chi connectivity index (χ3v) is 5.87. The lowest BCUT2D eigenvalue weighted by atomic mass is 9.94. The number of ether oxygens (including phenoxy) is 1. The van der Waals surface area contributed by atoms with Gasteiger partial charge in [-0.1, -0.05) is 61.7 Å². The van der Waals surface area contributed by atoms with Gasteiger partial charge >= 0.3 is 0 Å². The first kappa shape index (κ1) is 21.7. The topological polar surface area (TPSA) is 71.8 Å². The molecule has 1 unspecified atom stereocenters. The molecule has 0 radical (unpaired) electrons. The lowest BCUT2D eigenvalue weighted by Crippen LogP contribution is -2.47. The lowest BCUT2D eigenvalue weighted by molar-refractivity contribution is -0.123. The number of hydrogen-bond donors (Lipinski definition) is 1.